The maximum absolute atomic E-state index is 12.6. The number of carbonyl (C=O) groups is 1. The van der Waals surface area contributed by atoms with Gasteiger partial charge in [0, 0.05) is 18.0 Å². The molecule has 0 spiro atoms. The Kier molecular flexibility index (Phi) is 3.08. The molecule has 0 bridgehead atoms. The van der Waals surface area contributed by atoms with Crippen molar-refractivity contribution in [3.8, 4) is 0 Å². The molecule has 104 valence electrons. The van der Waals surface area contributed by atoms with E-state index in [0.717, 1.165) is 23.7 Å². The summed E-state index contributed by atoms with van der Waals surface area (Å²) >= 11 is 0. The van der Waals surface area contributed by atoms with Crippen LogP contribution in [0.2, 0.25) is 0 Å². The molecule has 1 amide bonds. The summed E-state index contributed by atoms with van der Waals surface area (Å²) in [5.41, 5.74) is 6.42. The van der Waals surface area contributed by atoms with Crippen LogP contribution in [0.5, 0.6) is 0 Å². The summed E-state index contributed by atoms with van der Waals surface area (Å²) in [6, 6.07) is 9.85. The van der Waals surface area contributed by atoms with E-state index in [1.807, 2.05) is 35.2 Å². The number of fused-ring (bicyclic) bond motifs is 1. The molecular formula is C16H19N3O. The van der Waals surface area contributed by atoms with Crippen molar-refractivity contribution in [1.82, 2.24) is 9.88 Å². The van der Waals surface area contributed by atoms with Gasteiger partial charge >= 0.3 is 0 Å². The summed E-state index contributed by atoms with van der Waals surface area (Å²) in [5, 5.41) is 1.86. The predicted octanol–water partition coefficient (Wildman–Crippen LogP) is 2.69. The number of carbonyl (C=O) groups excluding carboxylic acids is 1. The quantitative estimate of drug-likeness (QED) is 0.866. The second-order valence-electron chi connectivity index (χ2n) is 5.76. The normalized spacial score (nSPS) is 22.4. The van der Waals surface area contributed by atoms with E-state index in [2.05, 4.69) is 18.8 Å². The molecule has 0 saturated carbocycles. The molecule has 0 radical (unpaired) electrons. The first kappa shape index (κ1) is 12.9. The molecule has 2 heterocycles. The molecule has 20 heavy (non-hydrogen) atoms. The van der Waals surface area contributed by atoms with Gasteiger partial charge in [-0.25, -0.2) is 4.98 Å². The summed E-state index contributed by atoms with van der Waals surface area (Å²) in [6.45, 7) is 5.06. The first-order valence-electron chi connectivity index (χ1n) is 7.02. The second-order valence-corrected chi connectivity index (χ2v) is 5.76. The van der Waals surface area contributed by atoms with Crippen molar-refractivity contribution in [2.75, 3.05) is 12.3 Å². The van der Waals surface area contributed by atoms with E-state index in [1.165, 1.54) is 0 Å². The Morgan fingerprint density at radius 2 is 2.10 bits per heavy atom. The number of nitrogens with two attached hydrogens (primary N) is 1. The molecule has 1 aliphatic rings. The Balaban J connectivity index is 2.00. The maximum Gasteiger partial charge on any atom is 0.272 e. The molecule has 4 nitrogen and oxygen atoms in total. The van der Waals surface area contributed by atoms with Crippen LogP contribution >= 0.6 is 0 Å². The second kappa shape index (κ2) is 4.78. The van der Waals surface area contributed by atoms with Crippen molar-refractivity contribution in [2.45, 2.75) is 26.3 Å². The lowest BCUT2D eigenvalue weighted by Gasteiger charge is -2.21. The number of nitrogen functional groups attached to an aromatic ring is 1. The number of nitrogens with zero attached hydrogens (tertiary/aromatic N) is 2. The SMILES string of the molecule is CC1CC(C)N(C(=O)c2cc3ccccc3c(N)n2)C1. The first-order chi connectivity index (χ1) is 9.56. The van der Waals surface area contributed by atoms with Crippen LogP contribution in [0.25, 0.3) is 10.8 Å². The van der Waals surface area contributed by atoms with E-state index < -0.39 is 0 Å². The molecule has 1 saturated heterocycles. The third-order valence-electron chi connectivity index (χ3n) is 4.03. The Labute approximate surface area is 118 Å². The molecule has 2 aromatic rings. The summed E-state index contributed by atoms with van der Waals surface area (Å²) < 4.78 is 0. The highest BCUT2D eigenvalue weighted by molar-refractivity contribution is 6.00. The average Bonchev–Trinajstić information content (AvgIpc) is 2.77. The minimum atomic E-state index is -0.0145. The van der Waals surface area contributed by atoms with E-state index in [0.29, 0.717) is 17.4 Å². The van der Waals surface area contributed by atoms with Gasteiger partial charge in [0.1, 0.15) is 11.5 Å². The summed E-state index contributed by atoms with van der Waals surface area (Å²) in [6.07, 6.45) is 1.05. The lowest BCUT2D eigenvalue weighted by atomic mass is 10.1. The molecule has 1 fully saturated rings. The average molecular weight is 269 g/mol. The smallest absolute Gasteiger partial charge is 0.272 e. The van der Waals surface area contributed by atoms with Gasteiger partial charge < -0.3 is 10.6 Å². The molecule has 1 aliphatic heterocycles. The van der Waals surface area contributed by atoms with Crippen molar-refractivity contribution in [3.63, 3.8) is 0 Å². The third kappa shape index (κ3) is 2.11. The van der Waals surface area contributed by atoms with E-state index in [1.54, 1.807) is 0 Å². The number of rotatable bonds is 1. The highest BCUT2D eigenvalue weighted by atomic mass is 16.2. The molecular weight excluding hydrogens is 250 g/mol. The van der Waals surface area contributed by atoms with Crippen LogP contribution in [-0.2, 0) is 0 Å². The summed E-state index contributed by atoms with van der Waals surface area (Å²) in [7, 11) is 0. The van der Waals surface area contributed by atoms with Gasteiger partial charge in [-0.05, 0) is 30.7 Å². The summed E-state index contributed by atoms with van der Waals surface area (Å²) in [4.78, 5) is 18.8. The lowest BCUT2D eigenvalue weighted by molar-refractivity contribution is 0.0738. The van der Waals surface area contributed by atoms with E-state index >= 15 is 0 Å². The molecule has 2 atom stereocenters. The molecule has 1 aromatic heterocycles. The molecule has 0 aliphatic carbocycles. The van der Waals surface area contributed by atoms with Crippen molar-refractivity contribution in [3.05, 3.63) is 36.0 Å². The topological polar surface area (TPSA) is 59.2 Å². The highest BCUT2D eigenvalue weighted by Crippen LogP contribution is 2.26. The number of anilines is 1. The number of likely N-dealkylation sites (tertiary alicyclic amines) is 1. The van der Waals surface area contributed by atoms with Gasteiger partial charge in [0.2, 0.25) is 0 Å². The Morgan fingerprint density at radius 1 is 1.35 bits per heavy atom. The predicted molar refractivity (Wildman–Crippen MR) is 80.4 cm³/mol. The molecule has 3 rings (SSSR count). The zero-order valence-electron chi connectivity index (χ0n) is 11.8. The number of pyridine rings is 1. The fraction of sp³-hybridized carbons (Fsp3) is 0.375. The van der Waals surface area contributed by atoms with E-state index in [9.17, 15) is 4.79 Å². The largest absolute Gasteiger partial charge is 0.383 e. The lowest BCUT2D eigenvalue weighted by Crippen LogP contribution is -2.34. The van der Waals surface area contributed by atoms with Gasteiger partial charge in [0.05, 0.1) is 0 Å². The Bertz CT molecular complexity index is 668. The van der Waals surface area contributed by atoms with Crippen LogP contribution in [0.3, 0.4) is 0 Å². The third-order valence-corrected chi connectivity index (χ3v) is 4.03. The first-order valence-corrected chi connectivity index (χ1v) is 7.02. The van der Waals surface area contributed by atoms with Crippen molar-refractivity contribution in [2.24, 2.45) is 5.92 Å². The Morgan fingerprint density at radius 3 is 2.80 bits per heavy atom. The fourth-order valence-electron chi connectivity index (χ4n) is 3.07. The van der Waals surface area contributed by atoms with E-state index in [4.69, 9.17) is 5.73 Å². The van der Waals surface area contributed by atoms with Gasteiger partial charge in [-0.1, -0.05) is 31.2 Å². The number of amides is 1. The van der Waals surface area contributed by atoms with Crippen LogP contribution in [-0.4, -0.2) is 28.4 Å². The number of hydrogen-bond acceptors (Lipinski definition) is 3. The zero-order valence-corrected chi connectivity index (χ0v) is 11.8. The molecule has 4 heteroatoms. The van der Waals surface area contributed by atoms with Crippen LogP contribution in [0.15, 0.2) is 30.3 Å². The van der Waals surface area contributed by atoms with Crippen LogP contribution in [0, 0.1) is 5.92 Å². The Hall–Kier alpha value is -2.10. The molecule has 2 N–H and O–H groups in total. The summed E-state index contributed by atoms with van der Waals surface area (Å²) in [5.74, 6) is 0.956. The van der Waals surface area contributed by atoms with Gasteiger partial charge in [-0.3, -0.25) is 4.79 Å². The van der Waals surface area contributed by atoms with E-state index in [-0.39, 0.29) is 11.9 Å². The zero-order chi connectivity index (χ0) is 14.3. The van der Waals surface area contributed by atoms with Crippen molar-refractivity contribution < 1.29 is 4.79 Å². The van der Waals surface area contributed by atoms with Crippen LogP contribution in [0.1, 0.15) is 30.8 Å². The fourth-order valence-corrected chi connectivity index (χ4v) is 3.07. The molecule has 1 aromatic carbocycles. The monoisotopic (exact) mass is 269 g/mol. The van der Waals surface area contributed by atoms with Crippen molar-refractivity contribution >= 4 is 22.5 Å². The van der Waals surface area contributed by atoms with Crippen molar-refractivity contribution in [1.29, 1.82) is 0 Å². The van der Waals surface area contributed by atoms with Crippen LogP contribution in [0.4, 0.5) is 5.82 Å². The number of benzene rings is 1. The standard InChI is InChI=1S/C16H19N3O/c1-10-7-11(2)19(9-10)16(20)14-8-12-5-3-4-6-13(12)15(17)18-14/h3-6,8,10-11H,7,9H2,1-2H3,(H2,17,18). The minimum absolute atomic E-state index is 0.0145. The van der Waals surface area contributed by atoms with Gasteiger partial charge in [-0.15, -0.1) is 0 Å². The van der Waals surface area contributed by atoms with Gasteiger partial charge in [0.25, 0.3) is 5.91 Å². The highest BCUT2D eigenvalue weighted by Gasteiger charge is 2.31. The maximum atomic E-state index is 12.6. The minimum Gasteiger partial charge on any atom is -0.383 e. The molecule has 2 unspecified atom stereocenters. The van der Waals surface area contributed by atoms with Gasteiger partial charge in [-0.2, -0.15) is 0 Å². The number of aromatic nitrogens is 1. The van der Waals surface area contributed by atoms with Crippen LogP contribution < -0.4 is 5.73 Å². The van der Waals surface area contributed by atoms with Gasteiger partial charge in [0.15, 0.2) is 0 Å². The number of hydrogen-bond donors (Lipinski definition) is 1.